The summed E-state index contributed by atoms with van der Waals surface area (Å²) in [5.74, 6) is 1.47. The molecular weight excluding hydrogens is 387 g/mol. The number of nitrogens with one attached hydrogen (secondary N) is 2. The lowest BCUT2D eigenvalue weighted by Crippen LogP contribution is -2.38. The fourth-order valence-corrected chi connectivity index (χ4v) is 1.97. The van der Waals surface area contributed by atoms with Crippen LogP contribution in [0, 0.1) is 5.92 Å². The van der Waals surface area contributed by atoms with Gasteiger partial charge in [-0.3, -0.25) is 4.99 Å². The van der Waals surface area contributed by atoms with Gasteiger partial charge in [-0.15, -0.1) is 24.0 Å². The van der Waals surface area contributed by atoms with Crippen molar-refractivity contribution in [1.82, 2.24) is 15.5 Å². The first-order valence-corrected chi connectivity index (χ1v) is 7.76. The van der Waals surface area contributed by atoms with Crippen molar-refractivity contribution in [2.45, 2.75) is 33.9 Å². The predicted molar refractivity (Wildman–Crippen MR) is 107 cm³/mol. The Labute approximate surface area is 152 Å². The molecule has 0 atom stereocenters. The van der Waals surface area contributed by atoms with E-state index in [1.807, 2.05) is 7.05 Å². The van der Waals surface area contributed by atoms with Gasteiger partial charge in [0.1, 0.15) is 0 Å². The molecule has 0 aliphatic carbocycles. The van der Waals surface area contributed by atoms with Crippen LogP contribution in [-0.4, -0.2) is 38.0 Å². The number of guanidine groups is 1. The molecule has 0 amide bonds. The molecule has 0 saturated carbocycles. The zero-order chi connectivity index (χ0) is 15.7. The molecule has 0 fully saturated rings. The largest absolute Gasteiger partial charge is 0.356 e. The van der Waals surface area contributed by atoms with Crippen molar-refractivity contribution in [3.05, 3.63) is 35.4 Å². The summed E-state index contributed by atoms with van der Waals surface area (Å²) in [5.41, 5.74) is 2.63. The zero-order valence-electron chi connectivity index (χ0n) is 14.5. The average Bonchev–Trinajstić information content (AvgIpc) is 2.47. The van der Waals surface area contributed by atoms with Gasteiger partial charge < -0.3 is 15.5 Å². The Morgan fingerprint density at radius 2 is 1.91 bits per heavy atom. The summed E-state index contributed by atoms with van der Waals surface area (Å²) in [6, 6.07) is 8.72. The Morgan fingerprint density at radius 3 is 2.50 bits per heavy atom. The van der Waals surface area contributed by atoms with E-state index in [-0.39, 0.29) is 24.0 Å². The molecule has 1 aromatic carbocycles. The molecule has 0 bridgehead atoms. The summed E-state index contributed by atoms with van der Waals surface area (Å²) in [4.78, 5) is 6.55. The lowest BCUT2D eigenvalue weighted by Gasteiger charge is -2.16. The van der Waals surface area contributed by atoms with Crippen molar-refractivity contribution < 1.29 is 0 Å². The molecule has 0 unspecified atom stereocenters. The zero-order valence-corrected chi connectivity index (χ0v) is 16.8. The topological polar surface area (TPSA) is 39.7 Å². The molecule has 5 heteroatoms. The number of nitrogens with zero attached hydrogens (tertiary/aromatic N) is 2. The molecule has 0 radical (unpaired) electrons. The van der Waals surface area contributed by atoms with Gasteiger partial charge in [-0.25, -0.2) is 0 Å². The van der Waals surface area contributed by atoms with E-state index in [0.29, 0.717) is 5.92 Å². The minimum absolute atomic E-state index is 0. The number of rotatable bonds is 7. The average molecular weight is 418 g/mol. The smallest absolute Gasteiger partial charge is 0.191 e. The first kappa shape index (κ1) is 21.2. The highest BCUT2D eigenvalue weighted by Crippen LogP contribution is 2.07. The maximum Gasteiger partial charge on any atom is 0.191 e. The van der Waals surface area contributed by atoms with Crippen LogP contribution >= 0.6 is 24.0 Å². The number of hydrogen-bond donors (Lipinski definition) is 2. The van der Waals surface area contributed by atoms with Crippen LogP contribution in [-0.2, 0) is 13.1 Å². The summed E-state index contributed by atoms with van der Waals surface area (Å²) in [6.07, 6.45) is 0. The van der Waals surface area contributed by atoms with Gasteiger partial charge in [-0.05, 0) is 30.6 Å². The van der Waals surface area contributed by atoms with Crippen molar-refractivity contribution >= 4 is 29.9 Å². The molecule has 1 rings (SSSR count). The number of halogens is 1. The Bertz CT molecular complexity index is 446. The van der Waals surface area contributed by atoms with E-state index < -0.39 is 0 Å². The lowest BCUT2D eigenvalue weighted by molar-refractivity contribution is 0.345. The number of benzene rings is 1. The lowest BCUT2D eigenvalue weighted by atomic mass is 10.1. The highest BCUT2D eigenvalue weighted by atomic mass is 127. The van der Waals surface area contributed by atoms with E-state index in [4.69, 9.17) is 0 Å². The Balaban J connectivity index is 0.00000441. The number of hydrogen-bond acceptors (Lipinski definition) is 2. The Hall–Kier alpha value is -0.820. The monoisotopic (exact) mass is 418 g/mol. The van der Waals surface area contributed by atoms with Crippen molar-refractivity contribution in [2.75, 3.05) is 27.2 Å². The molecule has 4 nitrogen and oxygen atoms in total. The van der Waals surface area contributed by atoms with Crippen LogP contribution in [0.2, 0.25) is 0 Å². The second kappa shape index (κ2) is 11.7. The molecular formula is C17H31IN4. The first-order valence-electron chi connectivity index (χ1n) is 7.76. The fourth-order valence-electron chi connectivity index (χ4n) is 1.97. The molecule has 0 spiro atoms. The van der Waals surface area contributed by atoms with Crippen LogP contribution in [0.15, 0.2) is 29.3 Å². The highest BCUT2D eigenvalue weighted by Gasteiger charge is 2.02. The second-order valence-electron chi connectivity index (χ2n) is 5.85. The van der Waals surface area contributed by atoms with Crippen LogP contribution in [0.1, 0.15) is 31.9 Å². The number of aliphatic imine (C=N–C) groups is 1. The molecule has 0 heterocycles. The quantitative estimate of drug-likeness (QED) is 0.406. The fraction of sp³-hybridized carbons (Fsp3) is 0.588. The molecule has 1 aromatic rings. The molecule has 22 heavy (non-hydrogen) atoms. The van der Waals surface area contributed by atoms with Crippen LogP contribution in [0.3, 0.4) is 0 Å². The van der Waals surface area contributed by atoms with Gasteiger partial charge in [-0.1, -0.05) is 45.0 Å². The Kier molecular flexibility index (Phi) is 11.3. The van der Waals surface area contributed by atoms with Gasteiger partial charge >= 0.3 is 0 Å². The maximum absolute atomic E-state index is 4.25. The maximum atomic E-state index is 4.25. The summed E-state index contributed by atoms with van der Waals surface area (Å²) in [7, 11) is 3.95. The van der Waals surface area contributed by atoms with Gasteiger partial charge in [0.05, 0.1) is 0 Å². The van der Waals surface area contributed by atoms with E-state index in [9.17, 15) is 0 Å². The van der Waals surface area contributed by atoms with Gasteiger partial charge in [0, 0.05) is 26.7 Å². The van der Waals surface area contributed by atoms with Gasteiger partial charge in [0.25, 0.3) is 0 Å². The van der Waals surface area contributed by atoms with E-state index in [0.717, 1.165) is 32.1 Å². The Morgan fingerprint density at radius 1 is 1.23 bits per heavy atom. The summed E-state index contributed by atoms with van der Waals surface area (Å²) in [6.45, 7) is 10.3. The molecule has 0 aliphatic heterocycles. The van der Waals surface area contributed by atoms with E-state index >= 15 is 0 Å². The summed E-state index contributed by atoms with van der Waals surface area (Å²) in [5, 5.41) is 6.69. The van der Waals surface area contributed by atoms with E-state index in [1.165, 1.54) is 11.1 Å². The van der Waals surface area contributed by atoms with Crippen molar-refractivity contribution in [3.8, 4) is 0 Å². The van der Waals surface area contributed by atoms with Crippen LogP contribution in [0.5, 0.6) is 0 Å². The van der Waals surface area contributed by atoms with Gasteiger partial charge in [0.15, 0.2) is 5.96 Å². The second-order valence-corrected chi connectivity index (χ2v) is 5.85. The molecule has 0 aliphatic rings. The minimum atomic E-state index is 0. The predicted octanol–water partition coefficient (Wildman–Crippen LogP) is 3.08. The normalized spacial score (nSPS) is 11.5. The minimum Gasteiger partial charge on any atom is -0.356 e. The standard InChI is InChI=1S/C17H30N4.HI/c1-6-21(5)13-16-9-7-8-15(10-16)12-20-17(18-4)19-11-14(2)3;/h7-10,14H,6,11-13H2,1-5H3,(H2,18,19,20);1H. The molecule has 126 valence electrons. The third kappa shape index (κ3) is 8.58. The van der Waals surface area contributed by atoms with Crippen LogP contribution < -0.4 is 10.6 Å². The third-order valence-corrected chi connectivity index (χ3v) is 3.35. The van der Waals surface area contributed by atoms with E-state index in [1.54, 1.807) is 0 Å². The van der Waals surface area contributed by atoms with Crippen LogP contribution in [0.25, 0.3) is 0 Å². The third-order valence-electron chi connectivity index (χ3n) is 3.35. The SMILES string of the molecule is CCN(C)Cc1cccc(CNC(=NC)NCC(C)C)c1.I. The summed E-state index contributed by atoms with van der Waals surface area (Å²) >= 11 is 0. The van der Waals surface area contributed by atoms with Gasteiger partial charge in [0.2, 0.25) is 0 Å². The highest BCUT2D eigenvalue weighted by molar-refractivity contribution is 14.0. The van der Waals surface area contributed by atoms with Crippen molar-refractivity contribution in [3.63, 3.8) is 0 Å². The first-order chi connectivity index (χ1) is 10.0. The van der Waals surface area contributed by atoms with Crippen LogP contribution in [0.4, 0.5) is 0 Å². The molecule has 0 saturated heterocycles. The van der Waals surface area contributed by atoms with E-state index in [2.05, 4.69) is 72.6 Å². The van der Waals surface area contributed by atoms with Crippen molar-refractivity contribution in [2.24, 2.45) is 10.9 Å². The van der Waals surface area contributed by atoms with Crippen molar-refractivity contribution in [1.29, 1.82) is 0 Å². The van der Waals surface area contributed by atoms with Gasteiger partial charge in [-0.2, -0.15) is 0 Å². The molecule has 0 aromatic heterocycles. The summed E-state index contributed by atoms with van der Waals surface area (Å²) < 4.78 is 0. The molecule has 2 N–H and O–H groups in total.